The molecule has 0 bridgehead atoms. The van der Waals surface area contributed by atoms with Crippen molar-refractivity contribution in [2.24, 2.45) is 5.16 Å². The molecule has 1 amide bonds. The van der Waals surface area contributed by atoms with Crippen LogP contribution in [0.3, 0.4) is 0 Å². The van der Waals surface area contributed by atoms with Crippen LogP contribution in [0.25, 0.3) is 0 Å². The Balaban J connectivity index is 1.42. The minimum atomic E-state index is -1.16. The monoisotopic (exact) mass is 408 g/mol. The summed E-state index contributed by atoms with van der Waals surface area (Å²) in [5.41, 5.74) is 1.27. The van der Waals surface area contributed by atoms with Crippen LogP contribution in [0.15, 0.2) is 66.1 Å². The maximum atomic E-state index is 13.8. The number of amides is 1. The van der Waals surface area contributed by atoms with Gasteiger partial charge in [0, 0.05) is 23.7 Å². The molecule has 154 valence electrons. The quantitative estimate of drug-likeness (QED) is 0.676. The van der Waals surface area contributed by atoms with Crippen LogP contribution in [-0.2, 0) is 16.2 Å². The van der Waals surface area contributed by atoms with E-state index < -0.39 is 5.60 Å². The minimum Gasteiger partial charge on any atom is -0.496 e. The molecule has 3 aromatic rings. The molecule has 8 heteroatoms. The molecule has 0 saturated heterocycles. The SMILES string of the molecule is COc1ccccc1C1=NOC(C)(C(=O)Nc2cnn(Cc3ccccc3F)c2)C1. The summed E-state index contributed by atoms with van der Waals surface area (Å²) in [6, 6.07) is 13.9. The van der Waals surface area contributed by atoms with Crippen molar-refractivity contribution < 1.29 is 18.8 Å². The Morgan fingerprint density at radius 1 is 1.27 bits per heavy atom. The lowest BCUT2D eigenvalue weighted by Gasteiger charge is -2.19. The number of hydrogen-bond donors (Lipinski definition) is 1. The van der Waals surface area contributed by atoms with E-state index in [-0.39, 0.29) is 18.3 Å². The number of rotatable bonds is 6. The molecule has 2 aromatic carbocycles. The van der Waals surface area contributed by atoms with Crippen LogP contribution >= 0.6 is 0 Å². The van der Waals surface area contributed by atoms with Gasteiger partial charge >= 0.3 is 0 Å². The summed E-state index contributed by atoms with van der Waals surface area (Å²) in [6.07, 6.45) is 3.45. The van der Waals surface area contributed by atoms with Crippen molar-refractivity contribution in [1.29, 1.82) is 0 Å². The zero-order valence-electron chi connectivity index (χ0n) is 16.6. The highest BCUT2D eigenvalue weighted by atomic mass is 19.1. The number of para-hydroxylation sites is 1. The maximum Gasteiger partial charge on any atom is 0.271 e. The zero-order valence-corrected chi connectivity index (χ0v) is 16.6. The molecule has 0 aliphatic carbocycles. The molecular weight excluding hydrogens is 387 g/mol. The molecule has 1 N–H and O–H groups in total. The summed E-state index contributed by atoms with van der Waals surface area (Å²) < 4.78 is 20.8. The van der Waals surface area contributed by atoms with Crippen LogP contribution in [-0.4, -0.2) is 34.1 Å². The Bertz CT molecular complexity index is 1110. The molecule has 2 heterocycles. The first-order chi connectivity index (χ1) is 14.5. The number of benzene rings is 2. The lowest BCUT2D eigenvalue weighted by Crippen LogP contribution is -2.40. The highest BCUT2D eigenvalue weighted by Gasteiger charge is 2.43. The lowest BCUT2D eigenvalue weighted by atomic mass is 9.94. The van der Waals surface area contributed by atoms with Gasteiger partial charge in [-0.1, -0.05) is 35.5 Å². The van der Waals surface area contributed by atoms with E-state index in [9.17, 15) is 9.18 Å². The first-order valence-electron chi connectivity index (χ1n) is 9.44. The first-order valence-corrected chi connectivity index (χ1v) is 9.44. The number of halogens is 1. The van der Waals surface area contributed by atoms with Gasteiger partial charge in [-0.3, -0.25) is 9.48 Å². The van der Waals surface area contributed by atoms with E-state index in [2.05, 4.69) is 15.6 Å². The van der Waals surface area contributed by atoms with Gasteiger partial charge in [0.1, 0.15) is 11.6 Å². The van der Waals surface area contributed by atoms with Gasteiger partial charge in [-0.15, -0.1) is 0 Å². The number of carbonyl (C=O) groups excluding carboxylic acids is 1. The molecule has 1 unspecified atom stereocenters. The van der Waals surface area contributed by atoms with E-state index in [1.807, 2.05) is 24.3 Å². The Kier molecular flexibility index (Phi) is 5.22. The molecule has 0 saturated carbocycles. The minimum absolute atomic E-state index is 0.261. The van der Waals surface area contributed by atoms with Crippen molar-refractivity contribution in [3.05, 3.63) is 77.9 Å². The molecule has 0 spiro atoms. The van der Waals surface area contributed by atoms with E-state index >= 15 is 0 Å². The van der Waals surface area contributed by atoms with Crippen LogP contribution < -0.4 is 10.1 Å². The zero-order chi connectivity index (χ0) is 21.1. The van der Waals surface area contributed by atoms with Gasteiger partial charge in [0.15, 0.2) is 0 Å². The van der Waals surface area contributed by atoms with E-state index in [1.54, 1.807) is 43.1 Å². The first kappa shape index (κ1) is 19.6. The summed E-state index contributed by atoms with van der Waals surface area (Å²) in [4.78, 5) is 18.4. The molecule has 4 rings (SSSR count). The molecule has 30 heavy (non-hydrogen) atoms. The van der Waals surface area contributed by atoms with Crippen LogP contribution in [0, 0.1) is 5.82 Å². The Hall–Kier alpha value is -3.68. The largest absolute Gasteiger partial charge is 0.496 e. The highest BCUT2D eigenvalue weighted by molar-refractivity contribution is 6.09. The average Bonchev–Trinajstić information content (AvgIpc) is 3.37. The number of ether oxygens (including phenoxy) is 1. The third-order valence-corrected chi connectivity index (χ3v) is 4.94. The van der Waals surface area contributed by atoms with Crippen LogP contribution in [0.2, 0.25) is 0 Å². The van der Waals surface area contributed by atoms with Crippen LogP contribution in [0.5, 0.6) is 5.75 Å². The fraction of sp³-hybridized carbons (Fsp3) is 0.227. The number of carbonyl (C=O) groups is 1. The van der Waals surface area contributed by atoms with Crippen molar-refractivity contribution in [1.82, 2.24) is 9.78 Å². The standard InChI is InChI=1S/C22H21FN4O3/c1-22(11-19(26-30-22)17-8-4-6-10-20(17)29-2)21(28)25-16-12-24-27(14-16)13-15-7-3-5-9-18(15)23/h3-10,12,14H,11,13H2,1-2H3,(H,25,28). The van der Waals surface area contributed by atoms with E-state index in [4.69, 9.17) is 9.57 Å². The van der Waals surface area contributed by atoms with Crippen LogP contribution in [0.1, 0.15) is 24.5 Å². The number of oxime groups is 1. The van der Waals surface area contributed by atoms with E-state index in [0.717, 1.165) is 5.56 Å². The highest BCUT2D eigenvalue weighted by Crippen LogP contribution is 2.31. The van der Waals surface area contributed by atoms with Crippen molar-refractivity contribution in [2.75, 3.05) is 12.4 Å². The Morgan fingerprint density at radius 2 is 2.03 bits per heavy atom. The molecule has 7 nitrogen and oxygen atoms in total. The van der Waals surface area contributed by atoms with Gasteiger partial charge in [-0.25, -0.2) is 4.39 Å². The second-order valence-corrected chi connectivity index (χ2v) is 7.21. The summed E-state index contributed by atoms with van der Waals surface area (Å²) in [5.74, 6) is 0.0204. The van der Waals surface area contributed by atoms with Gasteiger partial charge in [0.25, 0.3) is 5.91 Å². The number of methoxy groups -OCH3 is 1. The summed E-state index contributed by atoms with van der Waals surface area (Å²) in [5, 5.41) is 11.1. The Labute approximate surface area is 173 Å². The van der Waals surface area contributed by atoms with Gasteiger partial charge in [-0.05, 0) is 25.1 Å². The predicted octanol–water partition coefficient (Wildman–Crippen LogP) is 3.60. The number of nitrogens with zero attached hydrogens (tertiary/aromatic N) is 3. The number of hydrogen-bond acceptors (Lipinski definition) is 5. The van der Waals surface area contributed by atoms with Gasteiger partial charge in [0.2, 0.25) is 5.60 Å². The molecule has 1 atom stereocenters. The molecule has 1 aliphatic rings. The van der Waals surface area contributed by atoms with Crippen molar-refractivity contribution >= 4 is 17.3 Å². The third kappa shape index (κ3) is 3.89. The number of nitrogens with one attached hydrogen (secondary N) is 1. The molecule has 1 aliphatic heterocycles. The lowest BCUT2D eigenvalue weighted by molar-refractivity contribution is -0.135. The summed E-state index contributed by atoms with van der Waals surface area (Å²) in [7, 11) is 1.58. The van der Waals surface area contributed by atoms with Gasteiger partial charge in [-0.2, -0.15) is 5.10 Å². The molecular formula is C22H21FN4O3. The fourth-order valence-corrected chi connectivity index (χ4v) is 3.27. The summed E-state index contributed by atoms with van der Waals surface area (Å²) >= 11 is 0. The van der Waals surface area contributed by atoms with Crippen LogP contribution in [0.4, 0.5) is 10.1 Å². The number of anilines is 1. The average molecular weight is 408 g/mol. The predicted molar refractivity (Wildman–Crippen MR) is 110 cm³/mol. The van der Waals surface area contributed by atoms with Gasteiger partial charge < -0.3 is 14.9 Å². The number of aromatic nitrogens is 2. The normalized spacial score (nSPS) is 17.9. The molecule has 0 radical (unpaired) electrons. The fourth-order valence-electron chi connectivity index (χ4n) is 3.27. The summed E-state index contributed by atoms with van der Waals surface area (Å²) in [6.45, 7) is 1.94. The molecule has 0 fully saturated rings. The second kappa shape index (κ2) is 7.98. The van der Waals surface area contributed by atoms with Crippen molar-refractivity contribution in [3.63, 3.8) is 0 Å². The van der Waals surface area contributed by atoms with Gasteiger partial charge in [0.05, 0.1) is 31.3 Å². The topological polar surface area (TPSA) is 77.7 Å². The van der Waals surface area contributed by atoms with E-state index in [0.29, 0.717) is 29.1 Å². The van der Waals surface area contributed by atoms with E-state index in [1.165, 1.54) is 12.3 Å². The third-order valence-electron chi connectivity index (χ3n) is 4.94. The van der Waals surface area contributed by atoms with Crippen molar-refractivity contribution in [2.45, 2.75) is 25.5 Å². The second-order valence-electron chi connectivity index (χ2n) is 7.21. The smallest absolute Gasteiger partial charge is 0.271 e. The van der Waals surface area contributed by atoms with Crippen molar-refractivity contribution in [3.8, 4) is 5.75 Å². The Morgan fingerprint density at radius 3 is 2.83 bits per heavy atom. The molecule has 1 aromatic heterocycles. The maximum absolute atomic E-state index is 13.8.